The van der Waals surface area contributed by atoms with E-state index in [0.717, 1.165) is 38.4 Å². The largest absolute Gasteiger partial charge is 0.468 e. The summed E-state index contributed by atoms with van der Waals surface area (Å²) in [5, 5.41) is 2.82. The van der Waals surface area contributed by atoms with Gasteiger partial charge in [0.15, 0.2) is 5.76 Å². The Hall–Kier alpha value is -2.06. The molecule has 0 spiro atoms. The predicted octanol–water partition coefficient (Wildman–Crippen LogP) is 1.37. The highest BCUT2D eigenvalue weighted by Gasteiger charge is 2.31. The maximum absolute atomic E-state index is 12.3. The highest BCUT2D eigenvalue weighted by molar-refractivity contribution is 5.91. The van der Waals surface area contributed by atoms with Crippen LogP contribution in [0, 0.1) is 11.8 Å². The number of hydrogen-bond donors (Lipinski definition) is 1. The number of hydrogen-bond acceptors (Lipinski definition) is 6. The predicted molar refractivity (Wildman–Crippen MR) is 106 cm³/mol. The Morgan fingerprint density at radius 3 is 2.62 bits per heavy atom. The standard InChI is InChI=1S/C21H31N3O5/c1-27-20-5-4-18(29-20)21(26)22-10-17-13-24(19(25)14-28-17)12-16-6-8-23(9-7-16)11-15-2-3-15/h4-5,15-17H,2-3,6-14H2,1H3,(H,22,26). The van der Waals surface area contributed by atoms with Crippen molar-refractivity contribution in [2.45, 2.75) is 31.8 Å². The molecular weight excluding hydrogens is 374 g/mol. The van der Waals surface area contributed by atoms with E-state index in [1.807, 2.05) is 4.90 Å². The zero-order valence-electron chi connectivity index (χ0n) is 17.1. The van der Waals surface area contributed by atoms with Crippen LogP contribution in [0.3, 0.4) is 0 Å². The highest BCUT2D eigenvalue weighted by atomic mass is 16.6. The number of carbonyl (C=O) groups excluding carboxylic acids is 2. The van der Waals surface area contributed by atoms with Crippen LogP contribution >= 0.6 is 0 Å². The highest BCUT2D eigenvalue weighted by Crippen LogP contribution is 2.31. The number of rotatable bonds is 8. The van der Waals surface area contributed by atoms with E-state index in [9.17, 15) is 9.59 Å². The number of likely N-dealkylation sites (tertiary alicyclic amines) is 1. The minimum atomic E-state index is -0.316. The molecule has 1 aromatic rings. The van der Waals surface area contributed by atoms with E-state index >= 15 is 0 Å². The summed E-state index contributed by atoms with van der Waals surface area (Å²) in [6, 6.07) is 3.17. The third-order valence-corrected chi connectivity index (χ3v) is 6.11. The van der Waals surface area contributed by atoms with E-state index in [-0.39, 0.29) is 30.3 Å². The van der Waals surface area contributed by atoms with Gasteiger partial charge in [0.25, 0.3) is 11.9 Å². The minimum Gasteiger partial charge on any atom is -0.468 e. The Morgan fingerprint density at radius 2 is 1.93 bits per heavy atom. The summed E-state index contributed by atoms with van der Waals surface area (Å²) in [5.41, 5.74) is 0. The average Bonchev–Trinajstić information content (AvgIpc) is 3.41. The molecule has 1 saturated carbocycles. The Balaban J connectivity index is 1.20. The fourth-order valence-corrected chi connectivity index (χ4v) is 4.15. The van der Waals surface area contributed by atoms with Crippen molar-refractivity contribution in [2.24, 2.45) is 11.8 Å². The van der Waals surface area contributed by atoms with Gasteiger partial charge >= 0.3 is 0 Å². The van der Waals surface area contributed by atoms with Crippen molar-refractivity contribution in [2.75, 3.05) is 53.0 Å². The third kappa shape index (κ3) is 5.51. The fourth-order valence-electron chi connectivity index (χ4n) is 4.15. The van der Waals surface area contributed by atoms with Crippen LogP contribution in [0.15, 0.2) is 16.5 Å². The molecule has 0 radical (unpaired) electrons. The normalized spacial score (nSPS) is 24.0. The molecule has 29 heavy (non-hydrogen) atoms. The molecule has 3 heterocycles. The molecule has 0 bridgehead atoms. The molecule has 2 saturated heterocycles. The van der Waals surface area contributed by atoms with Crippen LogP contribution in [-0.4, -0.2) is 80.7 Å². The van der Waals surface area contributed by atoms with Gasteiger partial charge in [-0.25, -0.2) is 0 Å². The number of ether oxygens (including phenoxy) is 2. The molecule has 4 rings (SSSR count). The zero-order valence-corrected chi connectivity index (χ0v) is 17.1. The summed E-state index contributed by atoms with van der Waals surface area (Å²) in [6.07, 6.45) is 4.89. The molecule has 3 aliphatic rings. The van der Waals surface area contributed by atoms with Crippen LogP contribution in [0.25, 0.3) is 0 Å². The second-order valence-corrected chi connectivity index (χ2v) is 8.45. The van der Waals surface area contributed by atoms with Crippen LogP contribution < -0.4 is 10.1 Å². The zero-order chi connectivity index (χ0) is 20.2. The first-order valence-corrected chi connectivity index (χ1v) is 10.6. The fraction of sp³-hybridized carbons (Fsp3) is 0.714. The molecule has 1 N–H and O–H groups in total. The molecule has 2 amide bonds. The van der Waals surface area contributed by atoms with Gasteiger partial charge in [0, 0.05) is 32.2 Å². The van der Waals surface area contributed by atoms with E-state index in [4.69, 9.17) is 13.9 Å². The maximum atomic E-state index is 12.3. The number of carbonyl (C=O) groups is 2. The van der Waals surface area contributed by atoms with E-state index in [2.05, 4.69) is 10.2 Å². The lowest BCUT2D eigenvalue weighted by Gasteiger charge is -2.38. The molecule has 0 aromatic carbocycles. The van der Waals surface area contributed by atoms with Crippen LogP contribution in [0.2, 0.25) is 0 Å². The van der Waals surface area contributed by atoms with Gasteiger partial charge in [-0.05, 0) is 56.7 Å². The Kier molecular flexibility index (Phi) is 6.40. The molecule has 8 nitrogen and oxygen atoms in total. The van der Waals surface area contributed by atoms with Gasteiger partial charge in [-0.3, -0.25) is 9.59 Å². The van der Waals surface area contributed by atoms with Crippen molar-refractivity contribution in [1.29, 1.82) is 0 Å². The average molecular weight is 405 g/mol. The molecule has 8 heteroatoms. The van der Waals surface area contributed by atoms with Crippen LogP contribution in [-0.2, 0) is 9.53 Å². The summed E-state index contributed by atoms with van der Waals surface area (Å²) in [4.78, 5) is 29.0. The van der Waals surface area contributed by atoms with Crippen LogP contribution in [0.4, 0.5) is 0 Å². The lowest BCUT2D eigenvalue weighted by molar-refractivity contribution is -0.149. The molecule has 160 valence electrons. The van der Waals surface area contributed by atoms with Gasteiger partial charge in [-0.2, -0.15) is 0 Å². The van der Waals surface area contributed by atoms with Gasteiger partial charge in [0.05, 0.1) is 13.2 Å². The molecule has 2 aliphatic heterocycles. The second kappa shape index (κ2) is 9.17. The van der Waals surface area contributed by atoms with Crippen molar-refractivity contribution in [1.82, 2.24) is 15.1 Å². The van der Waals surface area contributed by atoms with Gasteiger partial charge in [-0.15, -0.1) is 0 Å². The van der Waals surface area contributed by atoms with E-state index in [0.29, 0.717) is 25.0 Å². The summed E-state index contributed by atoms with van der Waals surface area (Å²) in [7, 11) is 1.49. The molecule has 1 aromatic heterocycles. The number of piperidine rings is 1. The summed E-state index contributed by atoms with van der Waals surface area (Å²) in [6.45, 7) is 5.27. The SMILES string of the molecule is COc1ccc(C(=O)NCC2CN(CC3CCN(CC4CC4)CC3)C(=O)CO2)o1. The van der Waals surface area contributed by atoms with Gasteiger partial charge < -0.3 is 29.0 Å². The monoisotopic (exact) mass is 405 g/mol. The first-order valence-electron chi connectivity index (χ1n) is 10.6. The van der Waals surface area contributed by atoms with Crippen LogP contribution in [0.1, 0.15) is 36.2 Å². The van der Waals surface area contributed by atoms with Crippen molar-refractivity contribution in [3.8, 4) is 5.95 Å². The summed E-state index contributed by atoms with van der Waals surface area (Å²) >= 11 is 0. The summed E-state index contributed by atoms with van der Waals surface area (Å²) < 4.78 is 15.8. The van der Waals surface area contributed by atoms with E-state index in [1.54, 1.807) is 12.1 Å². The number of nitrogens with zero attached hydrogens (tertiary/aromatic N) is 2. The molecular formula is C21H31N3O5. The first-order chi connectivity index (χ1) is 14.1. The smallest absolute Gasteiger partial charge is 0.287 e. The number of nitrogens with one attached hydrogen (secondary N) is 1. The van der Waals surface area contributed by atoms with Crippen molar-refractivity contribution >= 4 is 11.8 Å². The maximum Gasteiger partial charge on any atom is 0.287 e. The Labute approximate surface area is 171 Å². The molecule has 3 fully saturated rings. The minimum absolute atomic E-state index is 0.0451. The quantitative estimate of drug-likeness (QED) is 0.703. The molecule has 1 unspecified atom stereocenters. The molecule has 1 aliphatic carbocycles. The van der Waals surface area contributed by atoms with Gasteiger partial charge in [0.2, 0.25) is 5.91 Å². The Morgan fingerprint density at radius 1 is 1.17 bits per heavy atom. The topological polar surface area (TPSA) is 84.2 Å². The van der Waals surface area contributed by atoms with Gasteiger partial charge in [-0.1, -0.05) is 0 Å². The number of methoxy groups -OCH3 is 1. The Bertz CT molecular complexity index is 709. The lowest BCUT2D eigenvalue weighted by Crippen LogP contribution is -2.52. The molecule has 1 atom stereocenters. The summed E-state index contributed by atoms with van der Waals surface area (Å²) in [5.74, 6) is 1.71. The van der Waals surface area contributed by atoms with Gasteiger partial charge in [0.1, 0.15) is 6.61 Å². The van der Waals surface area contributed by atoms with Crippen molar-refractivity contribution in [3.63, 3.8) is 0 Å². The number of morpholine rings is 1. The third-order valence-electron chi connectivity index (χ3n) is 6.11. The van der Waals surface area contributed by atoms with Crippen molar-refractivity contribution < 1.29 is 23.5 Å². The number of amides is 2. The second-order valence-electron chi connectivity index (χ2n) is 8.45. The first kappa shape index (κ1) is 20.2. The number of furan rings is 1. The van der Waals surface area contributed by atoms with Crippen LogP contribution in [0.5, 0.6) is 5.95 Å². The van der Waals surface area contributed by atoms with E-state index in [1.165, 1.54) is 26.5 Å². The van der Waals surface area contributed by atoms with E-state index < -0.39 is 0 Å². The lowest BCUT2D eigenvalue weighted by atomic mass is 9.95. The van der Waals surface area contributed by atoms with Crippen molar-refractivity contribution in [3.05, 3.63) is 17.9 Å².